The van der Waals surface area contributed by atoms with E-state index in [-0.39, 0.29) is 42.9 Å². The molecule has 0 aromatic rings. The van der Waals surface area contributed by atoms with Gasteiger partial charge in [0.25, 0.3) is 0 Å². The quantitative estimate of drug-likeness (QED) is 0.628. The minimum Gasteiger partial charge on any atom is -0.460 e. The van der Waals surface area contributed by atoms with Gasteiger partial charge in [-0.1, -0.05) is 0 Å². The Balaban J connectivity index is 2.44. The summed E-state index contributed by atoms with van der Waals surface area (Å²) in [7, 11) is 0. The number of cyclic esters (lactones) is 1. The molecule has 6 nitrogen and oxygen atoms in total. The first-order valence-corrected chi connectivity index (χ1v) is 5.18. The Labute approximate surface area is 93.7 Å². The van der Waals surface area contributed by atoms with Crippen LogP contribution in [0.5, 0.6) is 0 Å². The van der Waals surface area contributed by atoms with Crippen LogP contribution in [0, 0.1) is 0 Å². The summed E-state index contributed by atoms with van der Waals surface area (Å²) in [6.45, 7) is 3.09. The molecule has 2 amide bonds. The molecule has 1 saturated heterocycles. The van der Waals surface area contributed by atoms with E-state index in [1.807, 2.05) is 0 Å². The molecule has 0 aromatic heterocycles. The first kappa shape index (κ1) is 12.5. The number of hydrogen-bond donors (Lipinski definition) is 2. The molecule has 1 heterocycles. The van der Waals surface area contributed by atoms with Crippen molar-refractivity contribution < 1.29 is 19.1 Å². The molecular weight excluding hydrogens is 212 g/mol. The standard InChI is InChI=1S/C10H16N2O4/c1-6(13)11-5-9-3-8(12-7(2)14)4-10(15)16-9/h8-9H,3-5H2,1-2H3,(H,11,13)(H,12,14)/t8-,9-/m1/s1. The molecule has 0 aliphatic carbocycles. The zero-order chi connectivity index (χ0) is 12.1. The lowest BCUT2D eigenvalue weighted by Crippen LogP contribution is -2.46. The number of hydrogen-bond acceptors (Lipinski definition) is 4. The lowest BCUT2D eigenvalue weighted by atomic mass is 10.0. The zero-order valence-corrected chi connectivity index (χ0v) is 9.41. The third-order valence-corrected chi connectivity index (χ3v) is 2.24. The average molecular weight is 228 g/mol. The Hall–Kier alpha value is -1.59. The van der Waals surface area contributed by atoms with Gasteiger partial charge in [-0.2, -0.15) is 0 Å². The molecule has 1 aliphatic rings. The van der Waals surface area contributed by atoms with Crippen molar-refractivity contribution in [3.8, 4) is 0 Å². The monoisotopic (exact) mass is 228 g/mol. The van der Waals surface area contributed by atoms with Crippen molar-refractivity contribution in [2.45, 2.75) is 38.8 Å². The highest BCUT2D eigenvalue weighted by Crippen LogP contribution is 2.14. The number of esters is 1. The molecule has 1 fully saturated rings. The van der Waals surface area contributed by atoms with Gasteiger partial charge in [0.05, 0.1) is 13.0 Å². The van der Waals surface area contributed by atoms with Gasteiger partial charge in [0.1, 0.15) is 6.10 Å². The van der Waals surface area contributed by atoms with E-state index in [4.69, 9.17) is 4.74 Å². The fourth-order valence-corrected chi connectivity index (χ4v) is 1.66. The smallest absolute Gasteiger partial charge is 0.308 e. The number of ether oxygens (including phenoxy) is 1. The van der Waals surface area contributed by atoms with Crippen LogP contribution in [-0.4, -0.2) is 36.5 Å². The van der Waals surface area contributed by atoms with E-state index in [9.17, 15) is 14.4 Å². The lowest BCUT2D eigenvalue weighted by molar-refractivity contribution is -0.155. The van der Waals surface area contributed by atoms with Gasteiger partial charge >= 0.3 is 5.97 Å². The van der Waals surface area contributed by atoms with Gasteiger partial charge < -0.3 is 15.4 Å². The molecule has 0 aromatic carbocycles. The second kappa shape index (κ2) is 5.48. The fourth-order valence-electron chi connectivity index (χ4n) is 1.66. The van der Waals surface area contributed by atoms with Crippen molar-refractivity contribution in [2.75, 3.05) is 6.54 Å². The molecule has 6 heteroatoms. The van der Waals surface area contributed by atoms with Crippen LogP contribution >= 0.6 is 0 Å². The third-order valence-electron chi connectivity index (χ3n) is 2.24. The van der Waals surface area contributed by atoms with Crippen molar-refractivity contribution in [2.24, 2.45) is 0 Å². The van der Waals surface area contributed by atoms with E-state index in [1.165, 1.54) is 13.8 Å². The summed E-state index contributed by atoms with van der Waals surface area (Å²) < 4.78 is 5.04. The highest BCUT2D eigenvalue weighted by atomic mass is 16.5. The minimum atomic E-state index is -0.359. The van der Waals surface area contributed by atoms with E-state index in [2.05, 4.69) is 10.6 Å². The van der Waals surface area contributed by atoms with Crippen LogP contribution < -0.4 is 10.6 Å². The number of carbonyl (C=O) groups is 3. The molecule has 0 saturated carbocycles. The topological polar surface area (TPSA) is 84.5 Å². The fraction of sp³-hybridized carbons (Fsp3) is 0.700. The maximum absolute atomic E-state index is 11.2. The summed E-state index contributed by atoms with van der Waals surface area (Å²) in [4.78, 5) is 32.8. The first-order chi connectivity index (χ1) is 7.47. The molecule has 1 aliphatic heterocycles. The number of nitrogens with one attached hydrogen (secondary N) is 2. The van der Waals surface area contributed by atoms with E-state index in [0.29, 0.717) is 6.42 Å². The van der Waals surface area contributed by atoms with Gasteiger partial charge in [-0.25, -0.2) is 0 Å². The van der Waals surface area contributed by atoms with Crippen molar-refractivity contribution in [3.05, 3.63) is 0 Å². The molecular formula is C10H16N2O4. The molecule has 0 radical (unpaired) electrons. The Kier molecular flexibility index (Phi) is 4.28. The Morgan fingerprint density at radius 1 is 1.38 bits per heavy atom. The molecule has 90 valence electrons. The molecule has 16 heavy (non-hydrogen) atoms. The van der Waals surface area contributed by atoms with Gasteiger partial charge in [0.2, 0.25) is 11.8 Å². The van der Waals surface area contributed by atoms with E-state index < -0.39 is 0 Å². The van der Waals surface area contributed by atoms with E-state index in [1.54, 1.807) is 0 Å². The van der Waals surface area contributed by atoms with Crippen LogP contribution in [0.4, 0.5) is 0 Å². The SMILES string of the molecule is CC(=O)NC[C@H]1C[C@@H](NC(C)=O)CC(=O)O1. The van der Waals surface area contributed by atoms with Crippen LogP contribution in [0.15, 0.2) is 0 Å². The molecule has 0 bridgehead atoms. The van der Waals surface area contributed by atoms with Gasteiger partial charge in [-0.3, -0.25) is 14.4 Å². The highest BCUT2D eigenvalue weighted by Gasteiger charge is 2.28. The lowest BCUT2D eigenvalue weighted by Gasteiger charge is -2.29. The van der Waals surface area contributed by atoms with Crippen LogP contribution in [0.2, 0.25) is 0 Å². The van der Waals surface area contributed by atoms with Gasteiger partial charge in [0, 0.05) is 26.3 Å². The van der Waals surface area contributed by atoms with Crippen molar-refractivity contribution in [1.29, 1.82) is 0 Å². The third kappa shape index (κ3) is 4.29. The summed E-state index contributed by atoms with van der Waals surface area (Å²) in [5.41, 5.74) is 0. The molecule has 0 spiro atoms. The largest absolute Gasteiger partial charge is 0.460 e. The van der Waals surface area contributed by atoms with E-state index in [0.717, 1.165) is 0 Å². The molecule has 2 N–H and O–H groups in total. The number of rotatable bonds is 3. The van der Waals surface area contributed by atoms with Crippen LogP contribution in [0.1, 0.15) is 26.7 Å². The van der Waals surface area contributed by atoms with Crippen molar-refractivity contribution in [3.63, 3.8) is 0 Å². The Morgan fingerprint density at radius 3 is 2.62 bits per heavy atom. The average Bonchev–Trinajstić information content (AvgIpc) is 2.12. The Bertz CT molecular complexity index is 301. The second-order valence-corrected chi connectivity index (χ2v) is 3.89. The van der Waals surface area contributed by atoms with Gasteiger partial charge in [-0.05, 0) is 0 Å². The maximum Gasteiger partial charge on any atom is 0.308 e. The van der Waals surface area contributed by atoms with Crippen molar-refractivity contribution >= 4 is 17.8 Å². The summed E-state index contributed by atoms with van der Waals surface area (Å²) in [6.07, 6.45) is 0.365. The van der Waals surface area contributed by atoms with Gasteiger partial charge in [-0.15, -0.1) is 0 Å². The second-order valence-electron chi connectivity index (χ2n) is 3.89. The number of amides is 2. The summed E-state index contributed by atoms with van der Waals surface area (Å²) in [5, 5.41) is 5.26. The van der Waals surface area contributed by atoms with Crippen LogP contribution in [0.25, 0.3) is 0 Å². The Morgan fingerprint density at radius 2 is 2.06 bits per heavy atom. The summed E-state index contributed by atoms with van der Waals surface area (Å²) in [6, 6.07) is -0.197. The first-order valence-electron chi connectivity index (χ1n) is 5.18. The van der Waals surface area contributed by atoms with E-state index >= 15 is 0 Å². The summed E-state index contributed by atoms with van der Waals surface area (Å²) >= 11 is 0. The zero-order valence-electron chi connectivity index (χ0n) is 9.41. The van der Waals surface area contributed by atoms with Gasteiger partial charge in [0.15, 0.2) is 0 Å². The van der Waals surface area contributed by atoms with Crippen molar-refractivity contribution in [1.82, 2.24) is 10.6 Å². The maximum atomic E-state index is 11.2. The number of carbonyl (C=O) groups excluding carboxylic acids is 3. The minimum absolute atomic E-state index is 0.169. The molecule has 2 atom stereocenters. The van der Waals surface area contributed by atoms with Crippen LogP contribution in [0.3, 0.4) is 0 Å². The summed E-state index contributed by atoms with van der Waals surface area (Å²) in [5.74, 6) is -0.684. The molecule has 1 rings (SSSR count). The predicted octanol–water partition coefficient (Wildman–Crippen LogP) is -0.667. The highest BCUT2D eigenvalue weighted by molar-refractivity contribution is 5.76. The normalized spacial score (nSPS) is 24.5. The predicted molar refractivity (Wildman–Crippen MR) is 55.4 cm³/mol. The molecule has 0 unspecified atom stereocenters. The van der Waals surface area contributed by atoms with Crippen LogP contribution in [-0.2, 0) is 19.1 Å².